The van der Waals surface area contributed by atoms with E-state index < -0.39 is 11.8 Å². The minimum absolute atomic E-state index is 0.0731. The van der Waals surface area contributed by atoms with E-state index in [1.807, 2.05) is 36.4 Å². The van der Waals surface area contributed by atoms with Gasteiger partial charge < -0.3 is 21.3 Å². The van der Waals surface area contributed by atoms with Gasteiger partial charge in [-0.05, 0) is 78.4 Å². The molecule has 0 fully saturated rings. The minimum Gasteiger partial charge on any atom is -0.326 e. The quantitative estimate of drug-likeness (QED) is 0.116. The van der Waals surface area contributed by atoms with Gasteiger partial charge in [-0.3, -0.25) is 19.2 Å². The first-order valence-electron chi connectivity index (χ1n) is 12.8. The summed E-state index contributed by atoms with van der Waals surface area (Å²) in [5.41, 5.74) is 2.98. The molecule has 4 aromatic carbocycles. The van der Waals surface area contributed by atoms with Gasteiger partial charge in [0.2, 0.25) is 11.8 Å². The Balaban J connectivity index is 1.41. The highest BCUT2D eigenvalue weighted by Gasteiger charge is 2.15. The van der Waals surface area contributed by atoms with E-state index in [0.717, 1.165) is 14.9 Å². The van der Waals surface area contributed by atoms with Crippen LogP contribution in [0.25, 0.3) is 6.08 Å². The van der Waals surface area contributed by atoms with Gasteiger partial charge in [0.1, 0.15) is 5.70 Å². The molecule has 0 saturated heterocycles. The summed E-state index contributed by atoms with van der Waals surface area (Å²) in [6.07, 6.45) is 1.60. The molecule has 4 rings (SSSR count). The Hall–Kier alpha value is -4.67. The molecule has 10 heteroatoms. The van der Waals surface area contributed by atoms with Crippen LogP contribution in [-0.4, -0.2) is 29.4 Å². The van der Waals surface area contributed by atoms with Crippen LogP contribution in [0.3, 0.4) is 0 Å². The fraction of sp³-hybridized carbons (Fsp3) is 0.0625. The molecule has 0 atom stereocenters. The number of carbonyl (C=O) groups excluding carboxylic acids is 4. The van der Waals surface area contributed by atoms with E-state index in [-0.39, 0.29) is 23.3 Å². The monoisotopic (exact) mass is 642 g/mol. The van der Waals surface area contributed by atoms with E-state index in [1.165, 1.54) is 18.7 Å². The third-order valence-corrected chi connectivity index (χ3v) is 7.13. The Bertz CT molecular complexity index is 1630. The second-order valence-electron chi connectivity index (χ2n) is 9.01. The molecular weight excluding hydrogens is 616 g/mol. The zero-order chi connectivity index (χ0) is 29.9. The van der Waals surface area contributed by atoms with Crippen LogP contribution in [0.1, 0.15) is 22.8 Å². The molecular formula is C32H27BrN4O4S. The molecule has 8 nitrogen and oxygen atoms in total. The number of hydrogen-bond acceptors (Lipinski definition) is 5. The van der Waals surface area contributed by atoms with E-state index in [4.69, 9.17) is 0 Å². The summed E-state index contributed by atoms with van der Waals surface area (Å²) in [7, 11) is 0. The van der Waals surface area contributed by atoms with Gasteiger partial charge in [0.15, 0.2) is 0 Å². The summed E-state index contributed by atoms with van der Waals surface area (Å²) in [4.78, 5) is 50.6. The molecule has 0 spiro atoms. The van der Waals surface area contributed by atoms with Crippen molar-refractivity contribution in [2.45, 2.75) is 11.8 Å². The van der Waals surface area contributed by atoms with Gasteiger partial charge in [-0.1, -0.05) is 52.3 Å². The molecule has 0 heterocycles. The van der Waals surface area contributed by atoms with Crippen molar-refractivity contribution >= 4 is 74.5 Å². The fourth-order valence-corrected chi connectivity index (χ4v) is 4.93. The van der Waals surface area contributed by atoms with Crippen LogP contribution in [0.5, 0.6) is 0 Å². The molecule has 0 radical (unpaired) electrons. The van der Waals surface area contributed by atoms with Gasteiger partial charge >= 0.3 is 0 Å². The van der Waals surface area contributed by atoms with E-state index >= 15 is 0 Å². The molecule has 0 bridgehead atoms. The lowest BCUT2D eigenvalue weighted by Crippen LogP contribution is -2.30. The summed E-state index contributed by atoms with van der Waals surface area (Å²) < 4.78 is 0.834. The lowest BCUT2D eigenvalue weighted by atomic mass is 10.1. The highest BCUT2D eigenvalue weighted by atomic mass is 79.9. The topological polar surface area (TPSA) is 116 Å². The van der Waals surface area contributed by atoms with Gasteiger partial charge in [-0.25, -0.2) is 0 Å². The lowest BCUT2D eigenvalue weighted by Gasteiger charge is -2.12. The first-order valence-corrected chi connectivity index (χ1v) is 14.6. The number of carbonyl (C=O) groups is 4. The highest BCUT2D eigenvalue weighted by molar-refractivity contribution is 9.10. The molecule has 0 unspecified atom stereocenters. The van der Waals surface area contributed by atoms with Crippen molar-refractivity contribution in [3.8, 4) is 0 Å². The number of nitrogens with one attached hydrogen (secondary N) is 4. The maximum Gasteiger partial charge on any atom is 0.272 e. The standard InChI is InChI=1S/C32H27BrN4O4S/c1-21(38)34-25-13-15-26(16-14-25)35-30(39)20-42-28-12-6-11-27(19-28)36-32(41)29(18-22-7-5-10-24(33)17-22)37-31(40)23-8-3-2-4-9-23/h2-19H,20H2,1H3,(H,34,38)(H,35,39)(H,36,41)(H,37,40)/b29-18+. The Morgan fingerprint density at radius 3 is 2.12 bits per heavy atom. The van der Waals surface area contributed by atoms with Gasteiger partial charge in [0.05, 0.1) is 5.75 Å². The summed E-state index contributed by atoms with van der Waals surface area (Å²) in [6.45, 7) is 1.43. The molecule has 0 aromatic heterocycles. The van der Waals surface area contributed by atoms with Crippen LogP contribution in [0.2, 0.25) is 0 Å². The van der Waals surface area contributed by atoms with Crippen molar-refractivity contribution in [3.05, 3.63) is 124 Å². The van der Waals surface area contributed by atoms with E-state index in [1.54, 1.807) is 72.8 Å². The lowest BCUT2D eigenvalue weighted by molar-refractivity contribution is -0.114. The minimum atomic E-state index is -0.498. The predicted octanol–water partition coefficient (Wildman–Crippen LogP) is 6.55. The van der Waals surface area contributed by atoms with Crippen LogP contribution in [0, 0.1) is 0 Å². The Kier molecular flexibility index (Phi) is 10.7. The summed E-state index contributed by atoms with van der Waals surface area (Å²) >= 11 is 4.74. The van der Waals surface area contributed by atoms with Crippen molar-refractivity contribution in [2.24, 2.45) is 0 Å². The van der Waals surface area contributed by atoms with Crippen molar-refractivity contribution in [2.75, 3.05) is 21.7 Å². The SMILES string of the molecule is CC(=O)Nc1ccc(NC(=O)CSc2cccc(NC(=O)/C(=C\c3cccc(Br)c3)NC(=O)c3ccccc3)c2)cc1. The number of halogens is 1. The van der Waals surface area contributed by atoms with Gasteiger partial charge in [0, 0.05) is 38.9 Å². The second kappa shape index (κ2) is 14.8. The highest BCUT2D eigenvalue weighted by Crippen LogP contribution is 2.23. The van der Waals surface area contributed by atoms with Gasteiger partial charge in [0.25, 0.3) is 11.8 Å². The van der Waals surface area contributed by atoms with E-state index in [9.17, 15) is 19.2 Å². The average molecular weight is 644 g/mol. The Labute approximate surface area is 256 Å². The normalized spacial score (nSPS) is 10.9. The number of benzene rings is 4. The maximum absolute atomic E-state index is 13.3. The van der Waals surface area contributed by atoms with Crippen LogP contribution in [0.4, 0.5) is 17.1 Å². The van der Waals surface area contributed by atoms with Crippen LogP contribution in [-0.2, 0) is 14.4 Å². The molecule has 4 N–H and O–H groups in total. The van der Waals surface area contributed by atoms with Crippen LogP contribution in [0.15, 0.2) is 118 Å². The van der Waals surface area contributed by atoms with Crippen LogP contribution < -0.4 is 21.3 Å². The zero-order valence-corrected chi connectivity index (χ0v) is 24.9. The van der Waals surface area contributed by atoms with Crippen molar-refractivity contribution in [1.29, 1.82) is 0 Å². The molecule has 0 aliphatic heterocycles. The number of anilines is 3. The first-order chi connectivity index (χ1) is 20.2. The number of hydrogen-bond donors (Lipinski definition) is 4. The van der Waals surface area contributed by atoms with Crippen molar-refractivity contribution in [1.82, 2.24) is 5.32 Å². The smallest absolute Gasteiger partial charge is 0.272 e. The molecule has 42 heavy (non-hydrogen) atoms. The molecule has 0 aliphatic carbocycles. The molecule has 4 aromatic rings. The molecule has 0 aliphatic rings. The van der Waals surface area contributed by atoms with Crippen molar-refractivity contribution in [3.63, 3.8) is 0 Å². The Morgan fingerprint density at radius 1 is 0.738 bits per heavy atom. The largest absolute Gasteiger partial charge is 0.326 e. The van der Waals surface area contributed by atoms with Gasteiger partial charge in [-0.2, -0.15) is 0 Å². The Morgan fingerprint density at radius 2 is 1.43 bits per heavy atom. The van der Waals surface area contributed by atoms with E-state index in [0.29, 0.717) is 22.6 Å². The van der Waals surface area contributed by atoms with Gasteiger partial charge in [-0.15, -0.1) is 11.8 Å². The third kappa shape index (κ3) is 9.46. The predicted molar refractivity (Wildman–Crippen MR) is 171 cm³/mol. The second-order valence-corrected chi connectivity index (χ2v) is 11.0. The molecule has 0 saturated carbocycles. The van der Waals surface area contributed by atoms with Crippen molar-refractivity contribution < 1.29 is 19.2 Å². The molecule has 212 valence electrons. The van der Waals surface area contributed by atoms with E-state index in [2.05, 4.69) is 37.2 Å². The number of amides is 4. The third-order valence-electron chi connectivity index (χ3n) is 5.64. The molecule has 4 amide bonds. The van der Waals surface area contributed by atoms with Crippen LogP contribution >= 0.6 is 27.7 Å². The number of thioether (sulfide) groups is 1. The number of rotatable bonds is 10. The summed E-state index contributed by atoms with van der Waals surface area (Å²) in [6, 6.07) is 29.9. The maximum atomic E-state index is 13.3. The summed E-state index contributed by atoms with van der Waals surface area (Å²) in [5.74, 6) is -1.14. The zero-order valence-electron chi connectivity index (χ0n) is 22.5. The first kappa shape index (κ1) is 30.3. The summed E-state index contributed by atoms with van der Waals surface area (Å²) in [5, 5.41) is 11.1. The average Bonchev–Trinajstić information content (AvgIpc) is 2.97. The fourth-order valence-electron chi connectivity index (χ4n) is 3.75.